The zero-order chi connectivity index (χ0) is 21.5. The minimum Gasteiger partial charge on any atom is -0.616 e. The number of nitrogens with zero attached hydrogens (tertiary/aromatic N) is 4. The predicted molar refractivity (Wildman–Crippen MR) is 122 cm³/mol. The van der Waals surface area contributed by atoms with Gasteiger partial charge in [0.25, 0.3) is 0 Å². The maximum Gasteiger partial charge on any atom is 0.177 e. The third kappa shape index (κ3) is 4.19. The van der Waals surface area contributed by atoms with Crippen LogP contribution in [0.5, 0.6) is 0 Å². The Hall–Kier alpha value is -2.80. The molecule has 0 bridgehead atoms. The van der Waals surface area contributed by atoms with Gasteiger partial charge in [0.05, 0.1) is 12.5 Å². The second-order valence-electron chi connectivity index (χ2n) is 8.44. The van der Waals surface area contributed by atoms with Gasteiger partial charge in [-0.05, 0) is 55.3 Å². The Morgan fingerprint density at radius 2 is 2.19 bits per heavy atom. The van der Waals surface area contributed by atoms with E-state index in [2.05, 4.69) is 38.9 Å². The van der Waals surface area contributed by atoms with Crippen LogP contribution in [0.1, 0.15) is 41.9 Å². The highest BCUT2D eigenvalue weighted by atomic mass is 32.2. The van der Waals surface area contributed by atoms with Crippen molar-refractivity contribution in [3.63, 3.8) is 0 Å². The lowest BCUT2D eigenvalue weighted by Gasteiger charge is -2.15. The van der Waals surface area contributed by atoms with Crippen molar-refractivity contribution in [3.05, 3.63) is 47.2 Å². The monoisotopic (exact) mass is 435 g/mol. The second-order valence-corrected chi connectivity index (χ2v) is 9.88. The molecule has 160 valence electrons. The molecule has 5 rings (SSSR count). The summed E-state index contributed by atoms with van der Waals surface area (Å²) in [6.45, 7) is 0.687. The molecule has 9 heteroatoms. The van der Waals surface area contributed by atoms with Crippen LogP contribution in [0.3, 0.4) is 0 Å². The number of nitrogens with two attached hydrogens (primary N) is 1. The van der Waals surface area contributed by atoms with Gasteiger partial charge < -0.3 is 20.9 Å². The first kappa shape index (κ1) is 20.1. The predicted octanol–water partition coefficient (Wildman–Crippen LogP) is 2.86. The van der Waals surface area contributed by atoms with E-state index in [0.29, 0.717) is 47.2 Å². The molecule has 3 atom stereocenters. The molecule has 8 nitrogen and oxygen atoms in total. The van der Waals surface area contributed by atoms with Crippen molar-refractivity contribution in [1.82, 2.24) is 14.6 Å². The Morgan fingerprint density at radius 1 is 1.35 bits per heavy atom. The molecule has 2 saturated carbocycles. The van der Waals surface area contributed by atoms with Crippen LogP contribution < -0.4 is 16.4 Å². The van der Waals surface area contributed by atoms with E-state index in [0.717, 1.165) is 36.3 Å². The number of fused-ring (bicyclic) bond motifs is 1. The van der Waals surface area contributed by atoms with Crippen LogP contribution in [-0.4, -0.2) is 38.0 Å². The van der Waals surface area contributed by atoms with Crippen LogP contribution in [-0.2, 0) is 16.9 Å². The molecule has 2 aliphatic rings. The molecule has 0 amide bonds. The topological polar surface area (TPSA) is 127 Å². The largest absolute Gasteiger partial charge is 0.616 e. The lowest BCUT2D eigenvalue weighted by molar-refractivity contribution is 0.600. The first-order valence-electron chi connectivity index (χ1n) is 10.5. The Labute approximate surface area is 184 Å². The summed E-state index contributed by atoms with van der Waals surface area (Å²) in [5, 5.41) is 20.6. The molecule has 0 radical (unpaired) electrons. The van der Waals surface area contributed by atoms with Gasteiger partial charge >= 0.3 is 0 Å². The molecular weight excluding hydrogens is 410 g/mol. The van der Waals surface area contributed by atoms with Crippen molar-refractivity contribution < 1.29 is 4.55 Å². The van der Waals surface area contributed by atoms with Crippen LogP contribution in [0, 0.1) is 17.2 Å². The van der Waals surface area contributed by atoms with E-state index in [1.807, 2.05) is 12.1 Å². The van der Waals surface area contributed by atoms with E-state index in [1.54, 1.807) is 10.8 Å². The molecule has 0 aliphatic heterocycles. The van der Waals surface area contributed by atoms with E-state index in [1.165, 1.54) is 11.8 Å². The number of rotatable bonds is 8. The number of hydrogen-bond acceptors (Lipinski definition) is 7. The van der Waals surface area contributed by atoms with Gasteiger partial charge in [-0.1, -0.05) is 17.2 Å². The van der Waals surface area contributed by atoms with E-state index in [-0.39, 0.29) is 0 Å². The highest BCUT2D eigenvalue weighted by Gasteiger charge is 2.38. The number of anilines is 3. The zero-order valence-corrected chi connectivity index (χ0v) is 18.2. The summed E-state index contributed by atoms with van der Waals surface area (Å²) >= 11 is -0.937. The minimum atomic E-state index is -0.937. The van der Waals surface area contributed by atoms with Crippen molar-refractivity contribution in [2.24, 2.45) is 11.7 Å². The highest BCUT2D eigenvalue weighted by Crippen LogP contribution is 2.48. The van der Waals surface area contributed by atoms with Crippen molar-refractivity contribution >= 4 is 34.1 Å². The second kappa shape index (κ2) is 8.04. The summed E-state index contributed by atoms with van der Waals surface area (Å²) in [4.78, 5) is 4.63. The van der Waals surface area contributed by atoms with Crippen molar-refractivity contribution in [2.45, 2.75) is 37.0 Å². The number of benzene rings is 1. The average molecular weight is 436 g/mol. The van der Waals surface area contributed by atoms with E-state index >= 15 is 0 Å². The maximum atomic E-state index is 12.0. The van der Waals surface area contributed by atoms with Gasteiger partial charge in [0, 0.05) is 23.4 Å². The molecular formula is C22H25N7OS. The van der Waals surface area contributed by atoms with E-state index in [9.17, 15) is 9.81 Å². The van der Waals surface area contributed by atoms with Crippen LogP contribution in [0.4, 0.5) is 17.3 Å². The number of nitriles is 1. The summed E-state index contributed by atoms with van der Waals surface area (Å²) in [6, 6.07) is 10.7. The SMILES string of the molecule is C[S+]([O-])Cc1cc(Nc2cc(NC3CC3)n3ncc(C#N)c3n2)ccc1C1CC1CN. The van der Waals surface area contributed by atoms with Crippen molar-refractivity contribution in [2.75, 3.05) is 23.4 Å². The quantitative estimate of drug-likeness (QED) is 0.464. The molecule has 2 fully saturated rings. The van der Waals surface area contributed by atoms with E-state index in [4.69, 9.17) is 5.73 Å². The third-order valence-corrected chi connectivity index (χ3v) is 6.64. The van der Waals surface area contributed by atoms with E-state index < -0.39 is 11.2 Å². The van der Waals surface area contributed by atoms with Gasteiger partial charge in [-0.15, -0.1) is 0 Å². The molecule has 3 unspecified atom stereocenters. The van der Waals surface area contributed by atoms with Gasteiger partial charge in [0.1, 0.15) is 29.0 Å². The molecule has 2 heterocycles. The van der Waals surface area contributed by atoms with Gasteiger partial charge in [-0.2, -0.15) is 14.9 Å². The van der Waals surface area contributed by atoms with Crippen LogP contribution in [0.25, 0.3) is 5.65 Å². The fourth-order valence-electron chi connectivity index (χ4n) is 4.07. The summed E-state index contributed by atoms with van der Waals surface area (Å²) in [6.07, 6.45) is 6.62. The first-order valence-corrected chi connectivity index (χ1v) is 12.2. The first-order chi connectivity index (χ1) is 15.1. The lowest BCUT2D eigenvalue weighted by Crippen LogP contribution is -2.09. The summed E-state index contributed by atoms with van der Waals surface area (Å²) < 4.78 is 13.7. The van der Waals surface area contributed by atoms with Gasteiger partial charge in [0.15, 0.2) is 5.65 Å². The van der Waals surface area contributed by atoms with Crippen molar-refractivity contribution in [1.29, 1.82) is 5.26 Å². The van der Waals surface area contributed by atoms with Gasteiger partial charge in [0.2, 0.25) is 0 Å². The Bertz CT molecular complexity index is 1160. The summed E-state index contributed by atoms with van der Waals surface area (Å²) in [7, 11) is 0. The Kier molecular flexibility index (Phi) is 5.22. The molecule has 31 heavy (non-hydrogen) atoms. The average Bonchev–Trinajstić information content (AvgIpc) is 3.66. The number of nitrogens with one attached hydrogen (secondary N) is 2. The molecule has 4 N–H and O–H groups in total. The van der Waals surface area contributed by atoms with Crippen LogP contribution in [0.2, 0.25) is 0 Å². The third-order valence-electron chi connectivity index (χ3n) is 5.92. The molecule has 2 aromatic heterocycles. The normalized spacial score (nSPS) is 21.0. The summed E-state index contributed by atoms with van der Waals surface area (Å²) in [5.41, 5.74) is 10.0. The minimum absolute atomic E-state index is 0.432. The van der Waals surface area contributed by atoms with Crippen molar-refractivity contribution in [3.8, 4) is 6.07 Å². The lowest BCUT2D eigenvalue weighted by atomic mass is 10.0. The van der Waals surface area contributed by atoms with Gasteiger partial charge in [-0.3, -0.25) is 0 Å². The molecule has 3 aromatic rings. The molecule has 2 aliphatic carbocycles. The highest BCUT2D eigenvalue weighted by molar-refractivity contribution is 7.89. The van der Waals surface area contributed by atoms with Crippen LogP contribution >= 0.6 is 0 Å². The molecule has 0 spiro atoms. The molecule has 0 saturated heterocycles. The van der Waals surface area contributed by atoms with Gasteiger partial charge in [-0.25, -0.2) is 4.98 Å². The smallest absolute Gasteiger partial charge is 0.177 e. The number of hydrogen-bond donors (Lipinski definition) is 3. The van der Waals surface area contributed by atoms with Crippen LogP contribution in [0.15, 0.2) is 30.5 Å². The zero-order valence-electron chi connectivity index (χ0n) is 17.3. The summed E-state index contributed by atoms with van der Waals surface area (Å²) in [5.74, 6) is 2.95. The maximum absolute atomic E-state index is 12.0. The Balaban J connectivity index is 1.48. The Morgan fingerprint density at radius 3 is 2.87 bits per heavy atom. The standard InChI is InChI=1S/C22H25N7OS/c1-31(30)12-14-6-17(4-5-18(14)19-7-13(19)9-23)26-20-8-21(27-16-2-3-16)29-22(28-20)15(10-24)11-25-29/h4-6,8,11,13,16,19,27H,2-3,7,9,12,23H2,1H3,(H,26,28). The number of aromatic nitrogens is 3. The fraction of sp³-hybridized carbons (Fsp3) is 0.409. The fourth-order valence-corrected chi connectivity index (χ4v) is 4.76. The molecule has 1 aromatic carbocycles.